The molecule has 1 saturated carbocycles. The van der Waals surface area contributed by atoms with Gasteiger partial charge in [-0.25, -0.2) is 0 Å². The van der Waals surface area contributed by atoms with Crippen molar-refractivity contribution in [2.75, 3.05) is 5.32 Å². The van der Waals surface area contributed by atoms with Crippen molar-refractivity contribution in [1.29, 1.82) is 0 Å². The molecule has 1 aromatic rings. The molecule has 0 heterocycles. The second-order valence-corrected chi connectivity index (χ2v) is 6.48. The fourth-order valence-corrected chi connectivity index (χ4v) is 3.91. The average molecular weight is 257 g/mol. The number of fused-ring (bicyclic) bond motifs is 1. The fourth-order valence-electron chi connectivity index (χ4n) is 3.91. The van der Waals surface area contributed by atoms with E-state index in [2.05, 4.69) is 30.4 Å². The summed E-state index contributed by atoms with van der Waals surface area (Å²) in [4.78, 5) is 0. The van der Waals surface area contributed by atoms with E-state index in [1.54, 1.807) is 11.1 Å². The normalized spacial score (nSPS) is 21.7. The van der Waals surface area contributed by atoms with Crippen molar-refractivity contribution in [2.24, 2.45) is 5.92 Å². The van der Waals surface area contributed by atoms with Crippen molar-refractivity contribution < 1.29 is 0 Å². The quantitative estimate of drug-likeness (QED) is 0.808. The molecule has 0 radical (unpaired) electrons. The summed E-state index contributed by atoms with van der Waals surface area (Å²) >= 11 is 0. The van der Waals surface area contributed by atoms with Crippen molar-refractivity contribution in [3.8, 4) is 0 Å². The molecule has 1 aromatic carbocycles. The van der Waals surface area contributed by atoms with E-state index in [-0.39, 0.29) is 0 Å². The second kappa shape index (κ2) is 5.98. The van der Waals surface area contributed by atoms with Gasteiger partial charge in [0.05, 0.1) is 0 Å². The zero-order valence-corrected chi connectivity index (χ0v) is 12.3. The predicted molar refractivity (Wildman–Crippen MR) is 82.7 cm³/mol. The molecule has 1 nitrogen and oxygen atoms in total. The number of hydrogen-bond acceptors (Lipinski definition) is 1. The van der Waals surface area contributed by atoms with Gasteiger partial charge < -0.3 is 5.32 Å². The van der Waals surface area contributed by atoms with Gasteiger partial charge in [0.2, 0.25) is 0 Å². The number of nitrogens with one attached hydrogen (secondary N) is 1. The van der Waals surface area contributed by atoms with Crippen molar-refractivity contribution in [3.05, 3.63) is 29.3 Å². The van der Waals surface area contributed by atoms with Gasteiger partial charge in [0.25, 0.3) is 0 Å². The van der Waals surface area contributed by atoms with Crippen LogP contribution in [0.25, 0.3) is 0 Å². The molecule has 0 aliphatic heterocycles. The van der Waals surface area contributed by atoms with Crippen LogP contribution >= 0.6 is 0 Å². The van der Waals surface area contributed by atoms with Gasteiger partial charge in [-0.2, -0.15) is 0 Å². The molecule has 0 bridgehead atoms. The van der Waals surface area contributed by atoms with E-state index >= 15 is 0 Å². The summed E-state index contributed by atoms with van der Waals surface area (Å²) in [5, 5.41) is 3.84. The number of aryl methyl sites for hydroxylation is 1. The molecule has 0 spiro atoms. The van der Waals surface area contributed by atoms with Gasteiger partial charge in [0.1, 0.15) is 0 Å². The lowest BCUT2D eigenvalue weighted by atomic mass is 9.84. The van der Waals surface area contributed by atoms with E-state index in [9.17, 15) is 0 Å². The monoisotopic (exact) mass is 257 g/mol. The van der Waals surface area contributed by atoms with Crippen LogP contribution in [-0.4, -0.2) is 6.04 Å². The minimum atomic E-state index is 0.633. The van der Waals surface area contributed by atoms with E-state index in [4.69, 9.17) is 0 Å². The van der Waals surface area contributed by atoms with E-state index in [0.29, 0.717) is 6.04 Å². The zero-order valence-electron chi connectivity index (χ0n) is 12.3. The van der Waals surface area contributed by atoms with Gasteiger partial charge in [-0.05, 0) is 68.6 Å². The molecule has 19 heavy (non-hydrogen) atoms. The highest BCUT2D eigenvalue weighted by molar-refractivity contribution is 5.56. The van der Waals surface area contributed by atoms with Crippen molar-refractivity contribution >= 4 is 5.69 Å². The maximum atomic E-state index is 3.84. The molecule has 1 fully saturated rings. The first-order valence-electron chi connectivity index (χ1n) is 8.22. The van der Waals surface area contributed by atoms with Gasteiger partial charge in [-0.3, -0.25) is 0 Å². The summed E-state index contributed by atoms with van der Waals surface area (Å²) in [6, 6.07) is 7.49. The summed E-state index contributed by atoms with van der Waals surface area (Å²) in [5.74, 6) is 0.883. The Balaban J connectivity index is 1.72. The third-order valence-corrected chi connectivity index (χ3v) is 5.14. The van der Waals surface area contributed by atoms with Crippen molar-refractivity contribution in [3.63, 3.8) is 0 Å². The summed E-state index contributed by atoms with van der Waals surface area (Å²) in [7, 11) is 0. The minimum absolute atomic E-state index is 0.633. The summed E-state index contributed by atoms with van der Waals surface area (Å²) in [6.45, 7) is 2.39. The zero-order chi connectivity index (χ0) is 13.1. The lowest BCUT2D eigenvalue weighted by Crippen LogP contribution is -2.28. The summed E-state index contributed by atoms with van der Waals surface area (Å²) < 4.78 is 0. The maximum Gasteiger partial charge on any atom is 0.0377 e. The molecule has 3 rings (SSSR count). The number of rotatable bonds is 3. The van der Waals surface area contributed by atoms with Crippen LogP contribution in [0, 0.1) is 5.92 Å². The average Bonchev–Trinajstić information content (AvgIpc) is 2.48. The first-order chi connectivity index (χ1) is 9.34. The Kier molecular flexibility index (Phi) is 4.10. The van der Waals surface area contributed by atoms with Gasteiger partial charge in [0.15, 0.2) is 0 Å². The summed E-state index contributed by atoms with van der Waals surface area (Å²) in [6.07, 6.45) is 12.4. The van der Waals surface area contributed by atoms with Crippen LogP contribution in [0.2, 0.25) is 0 Å². The van der Waals surface area contributed by atoms with E-state index < -0.39 is 0 Å². The standard InChI is InChI=1S/C18H27N/c1-14(15-8-3-2-4-9-15)19-18-13-7-11-16-10-5-6-12-17(16)18/h7,11,13-15,19H,2-6,8-10,12H2,1H3. The van der Waals surface area contributed by atoms with E-state index in [1.807, 2.05) is 0 Å². The molecule has 0 aromatic heterocycles. The molecule has 1 N–H and O–H groups in total. The Hall–Kier alpha value is -0.980. The highest BCUT2D eigenvalue weighted by Gasteiger charge is 2.21. The molecular formula is C18H27N. The number of anilines is 1. The van der Waals surface area contributed by atoms with Gasteiger partial charge >= 0.3 is 0 Å². The van der Waals surface area contributed by atoms with Crippen molar-refractivity contribution in [2.45, 2.75) is 70.8 Å². The van der Waals surface area contributed by atoms with Crippen LogP contribution < -0.4 is 5.32 Å². The summed E-state index contributed by atoms with van der Waals surface area (Å²) in [5.41, 5.74) is 4.62. The minimum Gasteiger partial charge on any atom is -0.382 e. The number of hydrogen-bond donors (Lipinski definition) is 1. The molecule has 2 aliphatic rings. The van der Waals surface area contributed by atoms with Crippen LogP contribution in [0.3, 0.4) is 0 Å². The Morgan fingerprint density at radius 2 is 1.79 bits per heavy atom. The smallest absolute Gasteiger partial charge is 0.0377 e. The SMILES string of the molecule is CC(Nc1cccc2c1CCCC2)C1CCCCC1. The van der Waals surface area contributed by atoms with Crippen LogP contribution in [0.1, 0.15) is 63.0 Å². The van der Waals surface area contributed by atoms with Crippen LogP contribution in [0.4, 0.5) is 5.69 Å². The first-order valence-corrected chi connectivity index (χ1v) is 8.22. The van der Waals surface area contributed by atoms with Gasteiger partial charge in [0, 0.05) is 11.7 Å². The highest BCUT2D eigenvalue weighted by Crippen LogP contribution is 2.31. The largest absolute Gasteiger partial charge is 0.382 e. The number of benzene rings is 1. The molecular weight excluding hydrogens is 230 g/mol. The second-order valence-electron chi connectivity index (χ2n) is 6.48. The van der Waals surface area contributed by atoms with E-state index in [0.717, 1.165) is 5.92 Å². The van der Waals surface area contributed by atoms with Crippen LogP contribution in [-0.2, 0) is 12.8 Å². The van der Waals surface area contributed by atoms with Crippen molar-refractivity contribution in [1.82, 2.24) is 0 Å². The Morgan fingerprint density at radius 3 is 2.63 bits per heavy atom. The lowest BCUT2D eigenvalue weighted by Gasteiger charge is -2.30. The molecule has 1 unspecified atom stereocenters. The molecule has 1 heteroatoms. The molecule has 2 aliphatic carbocycles. The van der Waals surface area contributed by atoms with Gasteiger partial charge in [-0.15, -0.1) is 0 Å². The van der Waals surface area contributed by atoms with Crippen LogP contribution in [0.5, 0.6) is 0 Å². The highest BCUT2D eigenvalue weighted by atomic mass is 14.9. The Labute approximate surface area is 117 Å². The fraction of sp³-hybridized carbons (Fsp3) is 0.667. The molecule has 0 amide bonds. The van der Waals surface area contributed by atoms with E-state index in [1.165, 1.54) is 63.5 Å². The topological polar surface area (TPSA) is 12.0 Å². The Bertz CT molecular complexity index is 418. The Morgan fingerprint density at radius 1 is 1.00 bits per heavy atom. The van der Waals surface area contributed by atoms with Crippen LogP contribution in [0.15, 0.2) is 18.2 Å². The predicted octanol–water partition coefficient (Wildman–Crippen LogP) is 4.95. The first kappa shape index (κ1) is 13.0. The lowest BCUT2D eigenvalue weighted by molar-refractivity contribution is 0.328. The molecule has 0 saturated heterocycles. The van der Waals surface area contributed by atoms with Gasteiger partial charge in [-0.1, -0.05) is 31.4 Å². The third kappa shape index (κ3) is 2.96. The molecule has 104 valence electrons. The molecule has 1 atom stereocenters. The third-order valence-electron chi connectivity index (χ3n) is 5.14. The maximum absolute atomic E-state index is 3.84.